The second-order valence-corrected chi connectivity index (χ2v) is 11.5. The van der Waals surface area contributed by atoms with Crippen LogP contribution in [-0.2, 0) is 14.4 Å². The Morgan fingerprint density at radius 1 is 0.884 bits per heavy atom. The highest BCUT2D eigenvalue weighted by Crippen LogP contribution is 2.47. The number of rotatable bonds is 11. The van der Waals surface area contributed by atoms with Crippen LogP contribution in [0.5, 0.6) is 17.2 Å². The topological polar surface area (TPSA) is 123 Å². The summed E-state index contributed by atoms with van der Waals surface area (Å²) in [5, 5.41) is 17.3. The fourth-order valence-electron chi connectivity index (χ4n) is 5.61. The molecule has 0 bridgehead atoms. The number of benzene rings is 3. The molecule has 4 unspecified atom stereocenters. The smallest absolute Gasteiger partial charge is 0.235 e. The summed E-state index contributed by atoms with van der Waals surface area (Å²) >= 11 is 0. The Morgan fingerprint density at radius 2 is 1.42 bits per heavy atom. The number of carbonyl (C=O) groups excluding carboxylic acids is 3. The van der Waals surface area contributed by atoms with E-state index in [9.17, 15) is 19.5 Å². The number of aliphatic hydroxyl groups is 1. The maximum atomic E-state index is 14.0. The number of amides is 2. The predicted octanol–water partition coefficient (Wildman–Crippen LogP) is 5.45. The van der Waals surface area contributed by atoms with Gasteiger partial charge < -0.3 is 30.0 Å². The number of nitrogens with one attached hydrogen (secondary N) is 2. The molecule has 1 fully saturated rings. The quantitative estimate of drug-likeness (QED) is 0.255. The van der Waals surface area contributed by atoms with Gasteiger partial charge in [-0.15, -0.1) is 0 Å². The Balaban J connectivity index is 1.75. The van der Waals surface area contributed by atoms with Crippen molar-refractivity contribution in [2.45, 2.75) is 45.1 Å². The van der Waals surface area contributed by atoms with Crippen molar-refractivity contribution in [1.82, 2.24) is 0 Å². The summed E-state index contributed by atoms with van der Waals surface area (Å²) in [5.41, 5.74) is -0.403. The van der Waals surface area contributed by atoms with E-state index in [-0.39, 0.29) is 6.42 Å². The molecular weight excluding hydrogens is 548 g/mol. The van der Waals surface area contributed by atoms with E-state index in [0.29, 0.717) is 46.7 Å². The third kappa shape index (κ3) is 7.35. The van der Waals surface area contributed by atoms with E-state index in [0.717, 1.165) is 6.42 Å². The molecule has 43 heavy (non-hydrogen) atoms. The van der Waals surface area contributed by atoms with Gasteiger partial charge in [-0.1, -0.05) is 50.2 Å². The summed E-state index contributed by atoms with van der Waals surface area (Å²) in [4.78, 5) is 41.6. The van der Waals surface area contributed by atoms with Crippen molar-refractivity contribution in [3.8, 4) is 17.2 Å². The van der Waals surface area contributed by atoms with Crippen molar-refractivity contribution in [2.24, 2.45) is 17.8 Å². The first-order valence-corrected chi connectivity index (χ1v) is 14.4. The van der Waals surface area contributed by atoms with Crippen LogP contribution in [0.1, 0.15) is 45.1 Å². The molecule has 1 saturated carbocycles. The first-order valence-electron chi connectivity index (χ1n) is 14.4. The zero-order chi connectivity index (χ0) is 31.1. The zero-order valence-corrected chi connectivity index (χ0v) is 25.3. The van der Waals surface area contributed by atoms with Crippen LogP contribution in [0.4, 0.5) is 11.4 Å². The first-order chi connectivity index (χ1) is 20.6. The number of Topliss-reactive ketones (excluding diaryl/α,β-unsaturated/α-hetero) is 1. The van der Waals surface area contributed by atoms with E-state index < -0.39 is 41.0 Å². The Labute approximate surface area is 252 Å². The fourth-order valence-corrected chi connectivity index (χ4v) is 5.61. The number of hydrogen-bond donors (Lipinski definition) is 3. The normalized spacial score (nSPS) is 21.7. The summed E-state index contributed by atoms with van der Waals surface area (Å²) in [6.45, 7) is 6.24. The van der Waals surface area contributed by atoms with Crippen LogP contribution in [0.25, 0.3) is 0 Å². The van der Waals surface area contributed by atoms with Crippen LogP contribution in [0.15, 0.2) is 72.8 Å². The SMILES string of the molecule is COc1ccccc1NC(=O)C1C(=O)CC(C)(O)C(C(=O)Nc2ccccc2OC)C1c1ccc(OCCC(C)C)cc1. The van der Waals surface area contributed by atoms with Crippen LogP contribution in [-0.4, -0.2) is 49.1 Å². The summed E-state index contributed by atoms with van der Waals surface area (Å²) < 4.78 is 16.7. The molecule has 0 aliphatic heterocycles. The van der Waals surface area contributed by atoms with Crippen molar-refractivity contribution < 1.29 is 33.7 Å². The van der Waals surface area contributed by atoms with Gasteiger partial charge in [-0.3, -0.25) is 14.4 Å². The molecule has 0 radical (unpaired) electrons. The van der Waals surface area contributed by atoms with Crippen LogP contribution in [0.3, 0.4) is 0 Å². The van der Waals surface area contributed by atoms with E-state index in [1.807, 2.05) is 0 Å². The number of hydrogen-bond acceptors (Lipinski definition) is 7. The average Bonchev–Trinajstić information content (AvgIpc) is 2.97. The lowest BCUT2D eigenvalue weighted by Gasteiger charge is -2.44. The molecule has 9 heteroatoms. The standard InChI is InChI=1S/C34H40N2O7/c1-21(2)18-19-43-23-16-14-22(15-17-23)29-30(32(38)35-24-10-6-8-12-27(24)41-4)26(37)20-34(3,40)31(29)33(39)36-25-11-7-9-13-28(25)42-5/h6-17,21,29-31,40H,18-20H2,1-5H3,(H,35,38)(H,36,39). The van der Waals surface area contributed by atoms with E-state index >= 15 is 0 Å². The van der Waals surface area contributed by atoms with Crippen molar-refractivity contribution in [1.29, 1.82) is 0 Å². The molecule has 0 spiro atoms. The van der Waals surface area contributed by atoms with Gasteiger partial charge in [0.2, 0.25) is 11.8 Å². The maximum absolute atomic E-state index is 14.0. The van der Waals surface area contributed by atoms with Gasteiger partial charge in [0.1, 0.15) is 28.9 Å². The van der Waals surface area contributed by atoms with Crippen molar-refractivity contribution in [3.63, 3.8) is 0 Å². The lowest BCUT2D eigenvalue weighted by Crippen LogP contribution is -2.56. The number of methoxy groups -OCH3 is 2. The zero-order valence-electron chi connectivity index (χ0n) is 25.3. The van der Waals surface area contributed by atoms with Crippen LogP contribution >= 0.6 is 0 Å². The lowest BCUT2D eigenvalue weighted by molar-refractivity contribution is -0.150. The molecule has 4 rings (SSSR count). The number of ketones is 1. The second-order valence-electron chi connectivity index (χ2n) is 11.5. The minimum absolute atomic E-state index is 0.381. The molecule has 228 valence electrons. The summed E-state index contributed by atoms with van der Waals surface area (Å²) in [6, 6.07) is 20.8. The first kappa shape index (κ1) is 31.6. The molecule has 0 heterocycles. The molecule has 1 aliphatic rings. The highest BCUT2D eigenvalue weighted by Gasteiger charge is 2.56. The molecule has 0 saturated heterocycles. The minimum atomic E-state index is -1.75. The van der Waals surface area contributed by atoms with Gasteiger partial charge in [0, 0.05) is 12.3 Å². The molecule has 3 aromatic rings. The summed E-state index contributed by atoms with van der Waals surface area (Å²) in [5.74, 6) is -3.07. The van der Waals surface area contributed by atoms with Crippen molar-refractivity contribution >= 4 is 29.0 Å². The average molecular weight is 589 g/mol. The third-order valence-electron chi connectivity index (χ3n) is 7.79. The Bertz CT molecular complexity index is 1430. The molecule has 3 N–H and O–H groups in total. The van der Waals surface area contributed by atoms with E-state index in [1.165, 1.54) is 21.1 Å². The fraction of sp³-hybridized carbons (Fsp3) is 0.382. The molecule has 9 nitrogen and oxygen atoms in total. The number of para-hydroxylation sites is 4. The third-order valence-corrected chi connectivity index (χ3v) is 7.79. The number of ether oxygens (including phenoxy) is 3. The monoisotopic (exact) mass is 588 g/mol. The van der Waals surface area contributed by atoms with Gasteiger partial charge in [0.15, 0.2) is 0 Å². The molecule has 2 amide bonds. The van der Waals surface area contributed by atoms with E-state index in [2.05, 4.69) is 24.5 Å². The van der Waals surface area contributed by atoms with Crippen LogP contribution in [0.2, 0.25) is 0 Å². The van der Waals surface area contributed by atoms with Gasteiger partial charge in [-0.05, 0) is 61.2 Å². The molecular formula is C34H40N2O7. The van der Waals surface area contributed by atoms with Gasteiger partial charge in [0.25, 0.3) is 0 Å². The van der Waals surface area contributed by atoms with Crippen molar-refractivity contribution in [3.05, 3.63) is 78.4 Å². The Morgan fingerprint density at radius 3 is 1.95 bits per heavy atom. The van der Waals surface area contributed by atoms with E-state index in [4.69, 9.17) is 14.2 Å². The molecule has 3 aromatic carbocycles. The van der Waals surface area contributed by atoms with Crippen molar-refractivity contribution in [2.75, 3.05) is 31.5 Å². The van der Waals surface area contributed by atoms with Gasteiger partial charge in [-0.25, -0.2) is 0 Å². The predicted molar refractivity (Wildman–Crippen MR) is 165 cm³/mol. The Hall–Kier alpha value is -4.37. The van der Waals surface area contributed by atoms with Gasteiger partial charge in [0.05, 0.1) is 43.7 Å². The Kier molecular flexibility index (Phi) is 10.1. The molecule has 0 aromatic heterocycles. The second kappa shape index (κ2) is 13.7. The number of carbonyl (C=O) groups is 3. The van der Waals surface area contributed by atoms with Crippen LogP contribution in [0, 0.1) is 17.8 Å². The highest BCUT2D eigenvalue weighted by atomic mass is 16.5. The highest BCUT2D eigenvalue weighted by molar-refractivity contribution is 6.11. The van der Waals surface area contributed by atoms with Crippen LogP contribution < -0.4 is 24.8 Å². The largest absolute Gasteiger partial charge is 0.495 e. The van der Waals surface area contributed by atoms with Gasteiger partial charge >= 0.3 is 0 Å². The number of anilines is 2. The van der Waals surface area contributed by atoms with Gasteiger partial charge in [-0.2, -0.15) is 0 Å². The molecule has 4 atom stereocenters. The van der Waals surface area contributed by atoms with E-state index in [1.54, 1.807) is 72.8 Å². The lowest BCUT2D eigenvalue weighted by atomic mass is 9.61. The molecule has 1 aliphatic carbocycles. The summed E-state index contributed by atoms with van der Waals surface area (Å²) in [6.07, 6.45) is 0.506. The maximum Gasteiger partial charge on any atom is 0.235 e. The minimum Gasteiger partial charge on any atom is -0.495 e. The summed E-state index contributed by atoms with van der Waals surface area (Å²) in [7, 11) is 2.98.